The van der Waals surface area contributed by atoms with E-state index in [-0.39, 0.29) is 24.7 Å². The smallest absolute Gasteiger partial charge is 0.240 e. The molecule has 2 aromatic rings. The number of carbonyl (C=O) groups excluding carboxylic acids is 2. The summed E-state index contributed by atoms with van der Waals surface area (Å²) in [5.41, 5.74) is 7.12. The maximum absolute atomic E-state index is 12.0. The predicted molar refractivity (Wildman–Crippen MR) is 108 cm³/mol. The van der Waals surface area contributed by atoms with Gasteiger partial charge in [-0.2, -0.15) is 5.10 Å². The molecule has 26 heavy (non-hydrogen) atoms. The lowest BCUT2D eigenvalue weighted by Crippen LogP contribution is -2.21. The molecule has 0 fully saturated rings. The Bertz CT molecular complexity index is 829. The monoisotopic (exact) mass is 415 g/mol. The second-order valence-corrected chi connectivity index (χ2v) is 7.00. The predicted octanol–water partition coefficient (Wildman–Crippen LogP) is 4.33. The fourth-order valence-electron chi connectivity index (χ4n) is 2.23. The molecule has 136 valence electrons. The van der Waals surface area contributed by atoms with Gasteiger partial charge in [-0.3, -0.25) is 9.59 Å². The van der Waals surface area contributed by atoms with Crippen molar-refractivity contribution < 1.29 is 9.59 Å². The Kier molecular flexibility index (Phi) is 7.09. The van der Waals surface area contributed by atoms with Crippen molar-refractivity contribution in [3.63, 3.8) is 0 Å². The van der Waals surface area contributed by atoms with Crippen molar-refractivity contribution in [1.82, 2.24) is 5.43 Å². The highest BCUT2D eigenvalue weighted by atomic mass is 79.9. The average Bonchev–Trinajstić information content (AvgIpc) is 2.61. The van der Waals surface area contributed by atoms with Gasteiger partial charge in [0.1, 0.15) is 0 Å². The Balaban J connectivity index is 1.80. The summed E-state index contributed by atoms with van der Waals surface area (Å²) in [6, 6.07) is 13.4. The fraction of sp³-hybridized carbons (Fsp3) is 0.250. The lowest BCUT2D eigenvalue weighted by molar-refractivity contribution is -0.124. The zero-order valence-electron chi connectivity index (χ0n) is 15.1. The Morgan fingerprint density at radius 1 is 0.962 bits per heavy atom. The fourth-order valence-corrected chi connectivity index (χ4v) is 2.49. The summed E-state index contributed by atoms with van der Waals surface area (Å²) in [6.45, 7) is 5.82. The van der Waals surface area contributed by atoms with Crippen LogP contribution in [0, 0.1) is 13.8 Å². The summed E-state index contributed by atoms with van der Waals surface area (Å²) in [5, 5.41) is 6.88. The average molecular weight is 416 g/mol. The SMILES string of the molecule is C/C(=N\NC(=O)CCC(=O)Nc1ccc(C)c(C)c1)c1ccc(Br)cc1. The molecule has 0 bridgehead atoms. The lowest BCUT2D eigenvalue weighted by Gasteiger charge is -2.07. The van der Waals surface area contributed by atoms with E-state index in [4.69, 9.17) is 0 Å². The molecule has 0 saturated heterocycles. The number of benzene rings is 2. The summed E-state index contributed by atoms with van der Waals surface area (Å²) < 4.78 is 0.980. The van der Waals surface area contributed by atoms with Crippen LogP contribution in [0.15, 0.2) is 52.0 Å². The van der Waals surface area contributed by atoms with E-state index in [1.807, 2.05) is 63.2 Å². The maximum Gasteiger partial charge on any atom is 0.240 e. The van der Waals surface area contributed by atoms with E-state index in [0.29, 0.717) is 5.71 Å². The molecule has 0 unspecified atom stereocenters. The topological polar surface area (TPSA) is 70.6 Å². The van der Waals surface area contributed by atoms with Crippen molar-refractivity contribution in [2.75, 3.05) is 5.32 Å². The molecule has 0 aromatic heterocycles. The Hall–Kier alpha value is -2.47. The van der Waals surface area contributed by atoms with Gasteiger partial charge in [-0.25, -0.2) is 5.43 Å². The van der Waals surface area contributed by atoms with E-state index in [1.165, 1.54) is 5.56 Å². The highest BCUT2D eigenvalue weighted by molar-refractivity contribution is 9.10. The van der Waals surface area contributed by atoms with Crippen LogP contribution in [0.4, 0.5) is 5.69 Å². The molecule has 0 aliphatic rings. The van der Waals surface area contributed by atoms with Crippen LogP contribution in [0.25, 0.3) is 0 Å². The molecule has 2 amide bonds. The zero-order chi connectivity index (χ0) is 19.1. The van der Waals surface area contributed by atoms with Gasteiger partial charge < -0.3 is 5.32 Å². The van der Waals surface area contributed by atoms with Crippen LogP contribution in [0.2, 0.25) is 0 Å². The molecule has 2 N–H and O–H groups in total. The summed E-state index contributed by atoms with van der Waals surface area (Å²) in [7, 11) is 0. The van der Waals surface area contributed by atoms with Crippen molar-refractivity contribution in [2.24, 2.45) is 5.10 Å². The van der Waals surface area contributed by atoms with Gasteiger partial charge in [-0.15, -0.1) is 0 Å². The summed E-state index contributed by atoms with van der Waals surface area (Å²) in [6.07, 6.45) is 0.180. The zero-order valence-corrected chi connectivity index (χ0v) is 16.7. The van der Waals surface area contributed by atoms with E-state index in [2.05, 4.69) is 31.8 Å². The number of amides is 2. The number of nitrogens with zero attached hydrogens (tertiary/aromatic N) is 1. The summed E-state index contributed by atoms with van der Waals surface area (Å²) in [5.74, 6) is -0.492. The number of hydrogen-bond donors (Lipinski definition) is 2. The Morgan fingerprint density at radius 2 is 1.62 bits per heavy atom. The molecule has 5 nitrogen and oxygen atoms in total. The van der Waals surface area contributed by atoms with E-state index < -0.39 is 0 Å². The number of carbonyl (C=O) groups is 2. The van der Waals surface area contributed by atoms with Gasteiger partial charge in [-0.1, -0.05) is 34.1 Å². The minimum Gasteiger partial charge on any atom is -0.326 e. The maximum atomic E-state index is 12.0. The highest BCUT2D eigenvalue weighted by Crippen LogP contribution is 2.14. The van der Waals surface area contributed by atoms with Crippen molar-refractivity contribution in [3.05, 3.63) is 63.6 Å². The number of aryl methyl sites for hydroxylation is 2. The largest absolute Gasteiger partial charge is 0.326 e. The van der Waals surface area contributed by atoms with Crippen LogP contribution in [0.1, 0.15) is 36.5 Å². The summed E-state index contributed by atoms with van der Waals surface area (Å²) >= 11 is 3.37. The third-order valence-electron chi connectivity index (χ3n) is 3.98. The van der Waals surface area contributed by atoms with E-state index in [9.17, 15) is 9.59 Å². The van der Waals surface area contributed by atoms with Gasteiger partial charge in [-0.05, 0) is 61.7 Å². The molecule has 0 aliphatic carbocycles. The number of rotatable bonds is 6. The number of anilines is 1. The third kappa shape index (κ3) is 6.11. The van der Waals surface area contributed by atoms with Crippen molar-refractivity contribution >= 4 is 39.1 Å². The van der Waals surface area contributed by atoms with E-state index in [0.717, 1.165) is 21.3 Å². The number of hydrogen-bond acceptors (Lipinski definition) is 3. The van der Waals surface area contributed by atoms with E-state index >= 15 is 0 Å². The van der Waals surface area contributed by atoms with Crippen LogP contribution >= 0.6 is 15.9 Å². The van der Waals surface area contributed by atoms with Crippen molar-refractivity contribution in [1.29, 1.82) is 0 Å². The molecule has 0 radical (unpaired) electrons. The van der Waals surface area contributed by atoms with Crippen LogP contribution in [0.3, 0.4) is 0 Å². The van der Waals surface area contributed by atoms with Crippen molar-refractivity contribution in [2.45, 2.75) is 33.6 Å². The van der Waals surface area contributed by atoms with Crippen LogP contribution in [-0.2, 0) is 9.59 Å². The molecule has 6 heteroatoms. The van der Waals surface area contributed by atoms with Gasteiger partial charge >= 0.3 is 0 Å². The third-order valence-corrected chi connectivity index (χ3v) is 4.51. The molecule has 2 rings (SSSR count). The molecule has 0 heterocycles. The molecule has 0 atom stereocenters. The first-order valence-electron chi connectivity index (χ1n) is 8.31. The normalized spacial score (nSPS) is 11.2. The molecule has 0 spiro atoms. The van der Waals surface area contributed by atoms with Gasteiger partial charge in [0.25, 0.3) is 0 Å². The van der Waals surface area contributed by atoms with E-state index in [1.54, 1.807) is 0 Å². The Labute approximate surface area is 162 Å². The Morgan fingerprint density at radius 3 is 2.27 bits per heavy atom. The number of hydrazone groups is 1. The molecule has 0 aliphatic heterocycles. The second-order valence-electron chi connectivity index (χ2n) is 6.09. The molecule has 0 saturated carbocycles. The second kappa shape index (κ2) is 9.29. The first-order valence-corrected chi connectivity index (χ1v) is 9.10. The molecular formula is C20H22BrN3O2. The highest BCUT2D eigenvalue weighted by Gasteiger charge is 2.08. The standard InChI is InChI=1S/C20H22BrN3O2/c1-13-4-9-18(12-14(13)2)22-19(25)10-11-20(26)24-23-15(3)16-5-7-17(21)8-6-16/h4-9,12H,10-11H2,1-3H3,(H,22,25)(H,24,26)/b23-15+. The lowest BCUT2D eigenvalue weighted by atomic mass is 10.1. The molecular weight excluding hydrogens is 394 g/mol. The van der Waals surface area contributed by atoms with Crippen LogP contribution in [0.5, 0.6) is 0 Å². The molecule has 2 aromatic carbocycles. The first kappa shape index (κ1) is 19.8. The minimum absolute atomic E-state index is 0.0772. The quantitative estimate of drug-likeness (QED) is 0.544. The minimum atomic E-state index is -0.295. The van der Waals surface area contributed by atoms with Crippen LogP contribution in [-0.4, -0.2) is 17.5 Å². The summed E-state index contributed by atoms with van der Waals surface area (Å²) in [4.78, 5) is 23.9. The van der Waals surface area contributed by atoms with Gasteiger partial charge in [0, 0.05) is 23.0 Å². The number of nitrogens with one attached hydrogen (secondary N) is 2. The van der Waals surface area contributed by atoms with Crippen LogP contribution < -0.4 is 10.7 Å². The van der Waals surface area contributed by atoms with Crippen molar-refractivity contribution in [3.8, 4) is 0 Å². The first-order chi connectivity index (χ1) is 12.3. The van der Waals surface area contributed by atoms with Gasteiger partial charge in [0.2, 0.25) is 11.8 Å². The van der Waals surface area contributed by atoms with Gasteiger partial charge in [0.05, 0.1) is 5.71 Å². The van der Waals surface area contributed by atoms with Gasteiger partial charge in [0.15, 0.2) is 0 Å². The number of halogens is 1.